The molecule has 0 atom stereocenters. The number of hydrogen-bond donors (Lipinski definition) is 1. The highest BCUT2D eigenvalue weighted by Crippen LogP contribution is 2.16. The minimum Gasteiger partial charge on any atom is -0.466 e. The number of thioether (sulfide) groups is 1. The number of para-hydroxylation sites is 1. The average molecular weight is 334 g/mol. The molecule has 0 saturated carbocycles. The Kier molecular flexibility index (Phi) is 6.16. The van der Waals surface area contributed by atoms with Crippen LogP contribution >= 0.6 is 11.8 Å². The Morgan fingerprint density at radius 2 is 2.00 bits per heavy atom. The van der Waals surface area contributed by atoms with Crippen molar-refractivity contribution in [2.45, 2.75) is 18.5 Å². The zero-order valence-electron chi connectivity index (χ0n) is 13.0. The largest absolute Gasteiger partial charge is 0.466 e. The number of hydrogen-bond acceptors (Lipinski definition) is 6. The second kappa shape index (κ2) is 8.33. The highest BCUT2D eigenvalue weighted by molar-refractivity contribution is 7.99. The molecule has 1 aromatic carbocycles. The van der Waals surface area contributed by atoms with E-state index in [1.165, 1.54) is 11.8 Å². The van der Waals surface area contributed by atoms with Crippen LogP contribution < -0.4 is 5.32 Å². The van der Waals surface area contributed by atoms with Crippen molar-refractivity contribution < 1.29 is 14.3 Å². The second-order valence-electron chi connectivity index (χ2n) is 4.64. The number of amides is 1. The van der Waals surface area contributed by atoms with Gasteiger partial charge in [-0.25, -0.2) is 0 Å². The van der Waals surface area contributed by atoms with E-state index >= 15 is 0 Å². The lowest BCUT2D eigenvalue weighted by Gasteiger charge is -2.05. The summed E-state index contributed by atoms with van der Waals surface area (Å²) in [4.78, 5) is 23.4. The van der Waals surface area contributed by atoms with Gasteiger partial charge in [0, 0.05) is 12.7 Å². The normalized spacial score (nSPS) is 10.3. The fourth-order valence-electron chi connectivity index (χ4n) is 1.81. The van der Waals surface area contributed by atoms with Gasteiger partial charge in [-0.2, -0.15) is 0 Å². The first-order valence-corrected chi connectivity index (χ1v) is 8.10. The number of ether oxygens (including phenoxy) is 1. The highest BCUT2D eigenvalue weighted by Gasteiger charge is 2.14. The molecule has 2 aromatic rings. The van der Waals surface area contributed by atoms with Gasteiger partial charge in [-0.15, -0.1) is 10.2 Å². The third-order valence-corrected chi connectivity index (χ3v) is 3.94. The molecule has 0 radical (unpaired) electrons. The molecule has 0 bridgehead atoms. The third kappa shape index (κ3) is 5.10. The van der Waals surface area contributed by atoms with Crippen LogP contribution in [0.15, 0.2) is 35.5 Å². The molecule has 23 heavy (non-hydrogen) atoms. The summed E-state index contributed by atoms with van der Waals surface area (Å²) in [5, 5.41) is 11.3. The molecule has 0 spiro atoms. The maximum Gasteiger partial charge on any atom is 0.313 e. The van der Waals surface area contributed by atoms with Crippen molar-refractivity contribution >= 4 is 29.3 Å². The van der Waals surface area contributed by atoms with Gasteiger partial charge >= 0.3 is 5.97 Å². The lowest BCUT2D eigenvalue weighted by molar-refractivity contribution is -0.142. The van der Waals surface area contributed by atoms with Crippen molar-refractivity contribution in [1.82, 2.24) is 14.8 Å². The van der Waals surface area contributed by atoms with Gasteiger partial charge in [-0.05, 0) is 19.1 Å². The van der Waals surface area contributed by atoms with Crippen LogP contribution in [0.4, 0.5) is 5.69 Å². The van der Waals surface area contributed by atoms with Crippen molar-refractivity contribution in [2.24, 2.45) is 7.05 Å². The molecule has 0 unspecified atom stereocenters. The quantitative estimate of drug-likeness (QED) is 0.612. The minimum absolute atomic E-state index is 0.0636. The number of anilines is 1. The molecule has 0 aliphatic rings. The molecule has 1 amide bonds. The van der Waals surface area contributed by atoms with E-state index in [9.17, 15) is 9.59 Å². The van der Waals surface area contributed by atoms with Gasteiger partial charge in [-0.1, -0.05) is 30.0 Å². The number of carbonyl (C=O) groups excluding carboxylic acids is 2. The monoisotopic (exact) mass is 334 g/mol. The summed E-state index contributed by atoms with van der Waals surface area (Å²) in [6.45, 7) is 2.08. The Labute approximate surface area is 138 Å². The number of carbonyl (C=O) groups is 2. The zero-order chi connectivity index (χ0) is 16.7. The zero-order valence-corrected chi connectivity index (χ0v) is 13.8. The molecule has 0 fully saturated rings. The summed E-state index contributed by atoms with van der Waals surface area (Å²) in [5.74, 6) is 0.243. The fourth-order valence-corrected chi connectivity index (χ4v) is 2.54. The van der Waals surface area contributed by atoms with Crippen molar-refractivity contribution in [2.75, 3.05) is 17.7 Å². The van der Waals surface area contributed by atoms with Gasteiger partial charge in [0.05, 0.1) is 12.4 Å². The van der Waals surface area contributed by atoms with E-state index in [2.05, 4.69) is 15.5 Å². The molecule has 8 heteroatoms. The minimum atomic E-state index is -0.346. The third-order valence-electron chi connectivity index (χ3n) is 2.92. The molecular weight excluding hydrogens is 316 g/mol. The molecule has 2 rings (SSSR count). The predicted octanol–water partition coefficient (Wildman–Crippen LogP) is 1.65. The molecule has 122 valence electrons. The molecule has 0 aliphatic heterocycles. The SMILES string of the molecule is CCOC(=O)Cc1nnc(SCC(=O)Nc2ccccc2)n1C. The van der Waals surface area contributed by atoms with E-state index in [0.717, 1.165) is 5.69 Å². The van der Waals surface area contributed by atoms with E-state index in [0.29, 0.717) is 17.6 Å². The number of aromatic nitrogens is 3. The first kappa shape index (κ1) is 17.0. The first-order valence-electron chi connectivity index (χ1n) is 7.11. The lowest BCUT2D eigenvalue weighted by Crippen LogP contribution is -2.14. The number of nitrogens with zero attached hydrogens (tertiary/aromatic N) is 3. The van der Waals surface area contributed by atoms with Crippen LogP contribution in [0.5, 0.6) is 0 Å². The van der Waals surface area contributed by atoms with E-state index in [4.69, 9.17) is 4.74 Å². The molecule has 1 aromatic heterocycles. The first-order chi connectivity index (χ1) is 11.1. The Morgan fingerprint density at radius 1 is 1.26 bits per heavy atom. The maximum atomic E-state index is 11.9. The van der Waals surface area contributed by atoms with E-state index in [1.807, 2.05) is 30.3 Å². The number of esters is 1. The van der Waals surface area contributed by atoms with Crippen LogP contribution in [-0.2, 0) is 27.8 Å². The van der Waals surface area contributed by atoms with E-state index in [-0.39, 0.29) is 24.1 Å². The van der Waals surface area contributed by atoms with Crippen LogP contribution in [-0.4, -0.2) is 39.0 Å². The Morgan fingerprint density at radius 3 is 2.70 bits per heavy atom. The van der Waals surface area contributed by atoms with Gasteiger partial charge in [0.2, 0.25) is 5.91 Å². The average Bonchev–Trinajstić information content (AvgIpc) is 2.87. The summed E-state index contributed by atoms with van der Waals surface area (Å²) in [6, 6.07) is 9.24. The topological polar surface area (TPSA) is 86.1 Å². The van der Waals surface area contributed by atoms with Crippen molar-refractivity contribution in [3.05, 3.63) is 36.2 Å². The second-order valence-corrected chi connectivity index (χ2v) is 5.58. The summed E-state index contributed by atoms with van der Waals surface area (Å²) in [7, 11) is 1.76. The van der Waals surface area contributed by atoms with Gasteiger partial charge in [-0.3, -0.25) is 9.59 Å². The number of benzene rings is 1. The van der Waals surface area contributed by atoms with Gasteiger partial charge in [0.25, 0.3) is 0 Å². The van der Waals surface area contributed by atoms with Crippen LogP contribution in [0.2, 0.25) is 0 Å². The Hall–Kier alpha value is -2.35. The molecule has 7 nitrogen and oxygen atoms in total. The lowest BCUT2D eigenvalue weighted by atomic mass is 10.3. The summed E-state index contributed by atoms with van der Waals surface area (Å²) in [5.41, 5.74) is 0.749. The Bertz CT molecular complexity index is 673. The highest BCUT2D eigenvalue weighted by atomic mass is 32.2. The van der Waals surface area contributed by atoms with Gasteiger partial charge in [0.15, 0.2) is 5.16 Å². The Balaban J connectivity index is 1.87. The maximum absolute atomic E-state index is 11.9. The van der Waals surface area contributed by atoms with Crippen LogP contribution in [0.3, 0.4) is 0 Å². The summed E-state index contributed by atoms with van der Waals surface area (Å²) < 4.78 is 6.58. The smallest absolute Gasteiger partial charge is 0.313 e. The van der Waals surface area contributed by atoms with Crippen LogP contribution in [0.25, 0.3) is 0 Å². The fraction of sp³-hybridized carbons (Fsp3) is 0.333. The molecule has 0 saturated heterocycles. The molecular formula is C15H18N4O3S. The predicted molar refractivity (Wildman–Crippen MR) is 87.1 cm³/mol. The summed E-state index contributed by atoms with van der Waals surface area (Å²) in [6.07, 6.45) is 0.0636. The molecule has 1 heterocycles. The summed E-state index contributed by atoms with van der Waals surface area (Å²) >= 11 is 1.26. The number of rotatable bonds is 7. The van der Waals surface area contributed by atoms with Crippen LogP contribution in [0, 0.1) is 0 Å². The van der Waals surface area contributed by atoms with Gasteiger partial charge < -0.3 is 14.6 Å². The number of nitrogens with one attached hydrogen (secondary N) is 1. The van der Waals surface area contributed by atoms with Crippen molar-refractivity contribution in [1.29, 1.82) is 0 Å². The van der Waals surface area contributed by atoms with E-state index in [1.54, 1.807) is 18.5 Å². The molecule has 0 aliphatic carbocycles. The van der Waals surface area contributed by atoms with Crippen LogP contribution in [0.1, 0.15) is 12.7 Å². The van der Waals surface area contributed by atoms with Crippen molar-refractivity contribution in [3.8, 4) is 0 Å². The van der Waals surface area contributed by atoms with Crippen molar-refractivity contribution in [3.63, 3.8) is 0 Å². The molecule has 1 N–H and O–H groups in total. The standard InChI is InChI=1S/C15H18N4O3S/c1-3-22-14(21)9-12-17-18-15(19(12)2)23-10-13(20)16-11-7-5-4-6-8-11/h4-8H,3,9-10H2,1-2H3,(H,16,20). The van der Waals surface area contributed by atoms with E-state index < -0.39 is 0 Å². The van der Waals surface area contributed by atoms with Gasteiger partial charge in [0.1, 0.15) is 12.2 Å².